The fourth-order valence-electron chi connectivity index (χ4n) is 3.55. The first kappa shape index (κ1) is 19.8. The van der Waals surface area contributed by atoms with Crippen LogP contribution in [0.25, 0.3) is 21.8 Å². The topological polar surface area (TPSA) is 77.5 Å². The number of ether oxygens (including phenoxy) is 1. The number of benzene rings is 3. The first-order chi connectivity index (χ1) is 14.3. The van der Waals surface area contributed by atoms with Gasteiger partial charge in [-0.05, 0) is 53.6 Å². The fraction of sp³-hybridized carbons (Fsp3) is 0.136. The maximum Gasteiger partial charge on any atom is 0.573 e. The Morgan fingerprint density at radius 2 is 1.83 bits per heavy atom. The molecule has 4 rings (SSSR count). The average Bonchev–Trinajstić information content (AvgIpc) is 3.01. The lowest BCUT2D eigenvalue weighted by Crippen LogP contribution is -2.17. The van der Waals surface area contributed by atoms with Gasteiger partial charge in [-0.2, -0.15) is 0 Å². The van der Waals surface area contributed by atoms with E-state index in [9.17, 15) is 23.1 Å². The van der Waals surface area contributed by atoms with Crippen LogP contribution < -0.4 is 10.5 Å². The van der Waals surface area contributed by atoms with Crippen LogP contribution in [0.2, 0.25) is 0 Å². The zero-order chi connectivity index (χ0) is 21.5. The lowest BCUT2D eigenvalue weighted by Gasteiger charge is -2.11. The number of nitrogens with zero attached hydrogens (tertiary/aromatic N) is 1. The number of primary amides is 1. The summed E-state index contributed by atoms with van der Waals surface area (Å²) in [6.45, 7) is 0.136. The van der Waals surface area contributed by atoms with Crippen molar-refractivity contribution < 1.29 is 27.8 Å². The Balaban J connectivity index is 1.85. The van der Waals surface area contributed by atoms with Gasteiger partial charge in [0.1, 0.15) is 5.75 Å². The first-order valence-electron chi connectivity index (χ1n) is 8.97. The molecule has 0 bridgehead atoms. The highest BCUT2D eigenvalue weighted by molar-refractivity contribution is 6.17. The molecule has 0 unspecified atom stereocenters. The summed E-state index contributed by atoms with van der Waals surface area (Å²) < 4.78 is 43.0. The molecule has 0 aliphatic heterocycles. The average molecular weight is 413 g/mol. The summed E-state index contributed by atoms with van der Waals surface area (Å²) in [6.07, 6.45) is -4.75. The number of hydrogen-bond donors (Lipinski definition) is 2. The summed E-state index contributed by atoms with van der Waals surface area (Å²) in [5, 5.41) is 10.8. The van der Waals surface area contributed by atoms with E-state index < -0.39 is 12.3 Å². The molecular formula is C22H16F3N2O3. The smallest absolute Gasteiger partial charge is 0.406 e. The third kappa shape index (κ3) is 3.69. The van der Waals surface area contributed by atoms with Crippen LogP contribution in [0.4, 0.5) is 13.2 Å². The number of fused-ring (bicyclic) bond motifs is 3. The van der Waals surface area contributed by atoms with Gasteiger partial charge in [-0.1, -0.05) is 18.2 Å². The van der Waals surface area contributed by atoms with Crippen LogP contribution in [0.15, 0.2) is 54.6 Å². The molecule has 0 fully saturated rings. The zero-order valence-corrected chi connectivity index (χ0v) is 15.5. The number of halogens is 3. The minimum Gasteiger partial charge on any atom is -0.406 e. The van der Waals surface area contributed by atoms with E-state index >= 15 is 0 Å². The van der Waals surface area contributed by atoms with E-state index in [1.165, 1.54) is 24.3 Å². The molecule has 1 heterocycles. The van der Waals surface area contributed by atoms with Crippen molar-refractivity contribution in [2.24, 2.45) is 5.73 Å². The van der Waals surface area contributed by atoms with Crippen molar-refractivity contribution >= 4 is 27.7 Å². The molecule has 153 valence electrons. The van der Waals surface area contributed by atoms with Gasteiger partial charge in [0.15, 0.2) is 0 Å². The van der Waals surface area contributed by atoms with Gasteiger partial charge in [-0.3, -0.25) is 4.79 Å². The summed E-state index contributed by atoms with van der Waals surface area (Å²) >= 11 is 0. The monoisotopic (exact) mass is 413 g/mol. The molecule has 0 saturated heterocycles. The van der Waals surface area contributed by atoms with Crippen LogP contribution in [-0.2, 0) is 13.2 Å². The second-order valence-electron chi connectivity index (χ2n) is 6.77. The molecule has 4 aromatic rings. The van der Waals surface area contributed by atoms with Gasteiger partial charge in [-0.25, -0.2) is 0 Å². The third-order valence-corrected chi connectivity index (χ3v) is 4.80. The molecule has 0 aliphatic carbocycles. The molecule has 0 aliphatic rings. The molecule has 1 aromatic heterocycles. The molecule has 0 atom stereocenters. The molecule has 1 amide bonds. The highest BCUT2D eigenvalue weighted by Gasteiger charge is 2.31. The maximum atomic E-state index is 12.4. The van der Waals surface area contributed by atoms with Crippen LogP contribution in [0.3, 0.4) is 0 Å². The Morgan fingerprint density at radius 1 is 1.10 bits per heavy atom. The highest BCUT2D eigenvalue weighted by Crippen LogP contribution is 2.33. The molecule has 8 heteroatoms. The van der Waals surface area contributed by atoms with E-state index in [1.807, 2.05) is 10.6 Å². The van der Waals surface area contributed by atoms with Crippen molar-refractivity contribution in [2.75, 3.05) is 0 Å². The van der Waals surface area contributed by atoms with Crippen LogP contribution in [-0.4, -0.2) is 21.9 Å². The minimum absolute atomic E-state index is 0.180. The SMILES string of the molecule is NC(=O)c1cccc2c1c1[c]cc(CO)cc1n2Cc1ccc(OC(F)(F)F)cc1. The van der Waals surface area contributed by atoms with Crippen molar-refractivity contribution in [2.45, 2.75) is 19.5 Å². The van der Waals surface area contributed by atoms with E-state index in [1.54, 1.807) is 24.3 Å². The summed E-state index contributed by atoms with van der Waals surface area (Å²) in [4.78, 5) is 12.0. The Hall–Kier alpha value is -3.52. The summed E-state index contributed by atoms with van der Waals surface area (Å²) in [6, 6.07) is 17.3. The standard InChI is InChI=1S/C22H16F3N2O3/c23-22(24,25)30-15-7-4-13(5-8-15)11-27-18-3-1-2-17(21(26)29)20(18)16-9-6-14(12-28)10-19(16)27/h1-8,10,28H,11-12H2,(H2,26,29). The lowest BCUT2D eigenvalue weighted by molar-refractivity contribution is -0.274. The van der Waals surface area contributed by atoms with Crippen molar-refractivity contribution in [3.8, 4) is 5.75 Å². The van der Waals surface area contributed by atoms with E-state index in [0.29, 0.717) is 28.4 Å². The number of aromatic nitrogens is 1. The van der Waals surface area contributed by atoms with Crippen LogP contribution in [0.5, 0.6) is 5.75 Å². The summed E-state index contributed by atoms with van der Waals surface area (Å²) in [5.74, 6) is -0.881. The number of aliphatic hydroxyl groups excluding tert-OH is 1. The number of nitrogens with two attached hydrogens (primary N) is 1. The molecule has 5 nitrogen and oxygen atoms in total. The van der Waals surface area contributed by atoms with Crippen molar-refractivity contribution in [1.29, 1.82) is 0 Å². The van der Waals surface area contributed by atoms with Gasteiger partial charge in [0.2, 0.25) is 5.91 Å². The molecule has 0 saturated carbocycles. The van der Waals surface area contributed by atoms with E-state index in [4.69, 9.17) is 5.73 Å². The number of aliphatic hydroxyl groups is 1. The Kier molecular flexibility index (Phi) is 4.87. The predicted molar refractivity (Wildman–Crippen MR) is 105 cm³/mol. The number of hydrogen-bond acceptors (Lipinski definition) is 3. The predicted octanol–water partition coefficient (Wildman–Crippen LogP) is 4.13. The second kappa shape index (κ2) is 7.38. The van der Waals surface area contributed by atoms with Gasteiger partial charge in [0.25, 0.3) is 0 Å². The van der Waals surface area contributed by atoms with Crippen LogP contribution >= 0.6 is 0 Å². The second-order valence-corrected chi connectivity index (χ2v) is 6.77. The van der Waals surface area contributed by atoms with Gasteiger partial charge in [0, 0.05) is 22.9 Å². The van der Waals surface area contributed by atoms with Gasteiger partial charge >= 0.3 is 6.36 Å². The first-order valence-corrected chi connectivity index (χ1v) is 8.97. The summed E-state index contributed by atoms with van der Waals surface area (Å²) in [5.41, 5.74) is 8.71. The molecule has 0 spiro atoms. The Labute approximate surface area is 169 Å². The van der Waals surface area contributed by atoms with Crippen molar-refractivity contribution in [3.63, 3.8) is 0 Å². The molecule has 3 N–H and O–H groups in total. The molecule has 3 aromatic carbocycles. The number of rotatable bonds is 5. The van der Waals surface area contributed by atoms with Crippen LogP contribution in [0.1, 0.15) is 21.5 Å². The van der Waals surface area contributed by atoms with E-state index in [-0.39, 0.29) is 12.4 Å². The van der Waals surface area contributed by atoms with Gasteiger partial charge in [-0.15, -0.1) is 13.2 Å². The van der Waals surface area contributed by atoms with E-state index in [2.05, 4.69) is 10.8 Å². The Bertz CT molecular complexity index is 1240. The number of amides is 1. The van der Waals surface area contributed by atoms with Crippen molar-refractivity contribution in [3.05, 3.63) is 77.4 Å². The quantitative estimate of drug-likeness (QED) is 0.516. The lowest BCUT2D eigenvalue weighted by atomic mass is 10.0. The van der Waals surface area contributed by atoms with Gasteiger partial charge in [0.05, 0.1) is 17.6 Å². The maximum absolute atomic E-state index is 12.4. The van der Waals surface area contributed by atoms with Crippen LogP contribution in [0, 0.1) is 6.07 Å². The number of carbonyl (C=O) groups is 1. The number of alkyl halides is 3. The fourth-order valence-corrected chi connectivity index (χ4v) is 3.55. The minimum atomic E-state index is -4.75. The normalized spacial score (nSPS) is 11.9. The van der Waals surface area contributed by atoms with Crippen molar-refractivity contribution in [1.82, 2.24) is 4.57 Å². The largest absolute Gasteiger partial charge is 0.573 e. The molecular weight excluding hydrogens is 397 g/mol. The number of carbonyl (C=O) groups excluding carboxylic acids is 1. The summed E-state index contributed by atoms with van der Waals surface area (Å²) in [7, 11) is 0. The molecule has 1 radical (unpaired) electrons. The van der Waals surface area contributed by atoms with Gasteiger partial charge < -0.3 is 20.1 Å². The van der Waals surface area contributed by atoms with E-state index in [0.717, 1.165) is 16.6 Å². The third-order valence-electron chi connectivity index (χ3n) is 4.80. The molecule has 30 heavy (non-hydrogen) atoms. The Morgan fingerprint density at radius 3 is 2.47 bits per heavy atom. The zero-order valence-electron chi connectivity index (χ0n) is 15.5. The highest BCUT2D eigenvalue weighted by atomic mass is 19.4.